The molecule has 2 saturated heterocycles. The summed E-state index contributed by atoms with van der Waals surface area (Å²) in [7, 11) is 2.74. The summed E-state index contributed by atoms with van der Waals surface area (Å²) in [5.41, 5.74) is 2.26. The summed E-state index contributed by atoms with van der Waals surface area (Å²) < 4.78 is 51.4. The van der Waals surface area contributed by atoms with E-state index in [4.69, 9.17) is 44.3 Å². The number of benzene rings is 3. The first kappa shape index (κ1) is 41.2. The Morgan fingerprint density at radius 1 is 0.900 bits per heavy atom. The highest BCUT2D eigenvalue weighted by atomic mass is 35.5. The van der Waals surface area contributed by atoms with E-state index in [1.807, 2.05) is 6.08 Å². The summed E-state index contributed by atoms with van der Waals surface area (Å²) in [6.45, 7) is 1.79. The minimum absolute atomic E-state index is 0.0702. The van der Waals surface area contributed by atoms with Gasteiger partial charge in [-0.2, -0.15) is 18.2 Å². The van der Waals surface area contributed by atoms with Crippen LogP contribution < -0.4 is 19.8 Å². The average Bonchev–Trinajstić information content (AvgIpc) is 3.59. The number of pyridine rings is 1. The molecule has 0 radical (unpaired) electrons. The number of nitrogens with one attached hydrogen (secondary N) is 1. The van der Waals surface area contributed by atoms with Crippen molar-refractivity contribution in [2.75, 3.05) is 24.5 Å². The summed E-state index contributed by atoms with van der Waals surface area (Å²) in [6.07, 6.45) is 1.08. The number of phenolic OH excluding ortho intramolecular Hbond substituents is 1. The molecule has 0 bridgehead atoms. The number of ether oxygens (including phenoxy) is 2. The van der Waals surface area contributed by atoms with Crippen LogP contribution in [-0.4, -0.2) is 52.9 Å². The standard InChI is InChI=1S/C43H34Cl3F3N4O7/c1-20-4-10-25(17-31(20)45)52-38(55)27-12-11-26-28(35(27)40(52)57)18-30-39(56)53(51-37-32(46)16-23(19-50-37)43(47,48)49)41(58)42(30,22-6-8-24(44)9-7-22)29(26)13-5-21-14-33(59-2)36(54)34(15-21)60-3/h4-11,13-17,19,27-30,35,54H,12,18H2,1-3H3,(H,50,51)/t27-,28+,29-,30-,35-,42-/m0/s1. The molecule has 4 amide bonds. The van der Waals surface area contributed by atoms with Gasteiger partial charge in [0, 0.05) is 22.2 Å². The number of nitrogens with zero attached hydrogens (tertiary/aromatic N) is 3. The molecule has 4 aliphatic rings. The molecule has 3 fully saturated rings. The van der Waals surface area contributed by atoms with Crippen LogP contribution in [0.15, 0.2) is 84.6 Å². The Labute approximate surface area is 356 Å². The van der Waals surface area contributed by atoms with Crippen molar-refractivity contribution in [1.29, 1.82) is 0 Å². The second-order valence-electron chi connectivity index (χ2n) is 15.0. The van der Waals surface area contributed by atoms with Crippen LogP contribution in [0.3, 0.4) is 0 Å². The predicted octanol–water partition coefficient (Wildman–Crippen LogP) is 8.83. The Kier molecular flexibility index (Phi) is 10.4. The van der Waals surface area contributed by atoms with E-state index in [9.17, 15) is 32.7 Å². The zero-order valence-corrected chi connectivity index (χ0v) is 34.2. The summed E-state index contributed by atoms with van der Waals surface area (Å²) in [6, 6.07) is 15.0. The molecule has 2 N–H and O–H groups in total. The first-order valence-corrected chi connectivity index (χ1v) is 19.8. The number of anilines is 2. The number of carbonyl (C=O) groups excluding carboxylic acids is 4. The molecule has 310 valence electrons. The number of rotatable bonds is 8. The van der Waals surface area contributed by atoms with E-state index in [1.54, 1.807) is 73.7 Å². The van der Waals surface area contributed by atoms with Crippen LogP contribution >= 0.6 is 34.8 Å². The summed E-state index contributed by atoms with van der Waals surface area (Å²) in [4.78, 5) is 64.0. The largest absolute Gasteiger partial charge is 0.502 e. The first-order chi connectivity index (χ1) is 28.5. The third kappa shape index (κ3) is 6.47. The van der Waals surface area contributed by atoms with Crippen LogP contribution in [0.1, 0.15) is 35.1 Å². The Morgan fingerprint density at radius 3 is 2.20 bits per heavy atom. The topological polar surface area (TPSA) is 138 Å². The van der Waals surface area contributed by atoms with Crippen LogP contribution in [0.2, 0.25) is 15.1 Å². The number of halogens is 6. The second kappa shape index (κ2) is 15.2. The number of hydrogen-bond acceptors (Lipinski definition) is 9. The molecule has 3 aromatic carbocycles. The van der Waals surface area contributed by atoms with Gasteiger partial charge in [0.05, 0.1) is 53.7 Å². The molecular formula is C43H34Cl3F3N4O7. The van der Waals surface area contributed by atoms with Gasteiger partial charge < -0.3 is 14.6 Å². The number of methoxy groups -OCH3 is 2. The van der Waals surface area contributed by atoms with Crippen LogP contribution in [0.25, 0.3) is 6.08 Å². The van der Waals surface area contributed by atoms with Gasteiger partial charge in [0.1, 0.15) is 0 Å². The maximum Gasteiger partial charge on any atom is 0.417 e. The van der Waals surface area contributed by atoms with Gasteiger partial charge in [0.15, 0.2) is 17.3 Å². The van der Waals surface area contributed by atoms with Crippen LogP contribution in [0, 0.1) is 36.5 Å². The van der Waals surface area contributed by atoms with Crippen LogP contribution in [0.4, 0.5) is 24.7 Å². The van der Waals surface area contributed by atoms with Crippen molar-refractivity contribution in [3.63, 3.8) is 0 Å². The van der Waals surface area contributed by atoms with Crippen molar-refractivity contribution < 1.29 is 46.9 Å². The number of hydrazine groups is 1. The van der Waals surface area contributed by atoms with Crippen molar-refractivity contribution in [2.45, 2.75) is 31.4 Å². The number of hydrogen-bond donors (Lipinski definition) is 2. The lowest BCUT2D eigenvalue weighted by Gasteiger charge is -2.49. The van der Waals surface area contributed by atoms with Gasteiger partial charge in [-0.25, -0.2) is 9.88 Å². The molecule has 0 unspecified atom stereocenters. The fourth-order valence-electron chi connectivity index (χ4n) is 9.22. The summed E-state index contributed by atoms with van der Waals surface area (Å²) in [5.74, 6) is -7.55. The van der Waals surface area contributed by atoms with E-state index < -0.39 is 75.4 Å². The molecule has 60 heavy (non-hydrogen) atoms. The van der Waals surface area contributed by atoms with E-state index in [0.717, 1.165) is 10.5 Å². The molecule has 1 saturated carbocycles. The van der Waals surface area contributed by atoms with Crippen molar-refractivity contribution in [3.05, 3.63) is 122 Å². The van der Waals surface area contributed by atoms with E-state index in [2.05, 4.69) is 10.4 Å². The average molecular weight is 882 g/mol. The quantitative estimate of drug-likeness (QED) is 0.131. The lowest BCUT2D eigenvalue weighted by atomic mass is 9.50. The molecule has 17 heteroatoms. The zero-order valence-electron chi connectivity index (χ0n) is 31.9. The normalized spacial score (nSPS) is 25.0. The predicted molar refractivity (Wildman–Crippen MR) is 217 cm³/mol. The highest BCUT2D eigenvalue weighted by molar-refractivity contribution is 6.33. The van der Waals surface area contributed by atoms with Crippen LogP contribution in [0.5, 0.6) is 17.2 Å². The summed E-state index contributed by atoms with van der Waals surface area (Å²) in [5, 5.41) is 11.6. The number of carbonyl (C=O) groups is 4. The third-order valence-corrected chi connectivity index (χ3v) is 13.0. The zero-order chi connectivity index (χ0) is 43.0. The van der Waals surface area contributed by atoms with Gasteiger partial charge >= 0.3 is 6.18 Å². The van der Waals surface area contributed by atoms with E-state index in [0.29, 0.717) is 49.7 Å². The maximum atomic E-state index is 15.4. The monoisotopic (exact) mass is 880 g/mol. The van der Waals surface area contributed by atoms with Crippen molar-refractivity contribution in [1.82, 2.24) is 9.99 Å². The number of allylic oxidation sites excluding steroid dienone is 3. The van der Waals surface area contributed by atoms with E-state index in [1.165, 1.54) is 14.2 Å². The number of fused-ring (bicyclic) bond motifs is 4. The number of imide groups is 2. The Hall–Kier alpha value is -5.57. The van der Waals surface area contributed by atoms with Gasteiger partial charge in [-0.05, 0) is 84.8 Å². The minimum Gasteiger partial charge on any atom is -0.502 e. The number of phenols is 1. The van der Waals surface area contributed by atoms with Crippen LogP contribution in [-0.2, 0) is 30.8 Å². The van der Waals surface area contributed by atoms with Gasteiger partial charge in [-0.3, -0.25) is 24.6 Å². The molecule has 4 aromatic rings. The Balaban J connectivity index is 1.30. The second-order valence-corrected chi connectivity index (χ2v) is 16.3. The van der Waals surface area contributed by atoms with E-state index >= 15 is 4.79 Å². The highest BCUT2D eigenvalue weighted by Crippen LogP contribution is 2.62. The SMILES string of the molecule is COc1cc(C=C[C@H]2C3=CC[C@@H]4C(=O)N(c5ccc(C)c(Cl)c5)C(=O)[C@@H]4[C@@H]3C[C@H]3C(=O)N(Nc4ncc(C(F)(F)F)cc4Cl)C(=O)[C@@]23c2ccc(Cl)cc2)cc(OC)c1O. The lowest BCUT2D eigenvalue weighted by molar-refractivity contribution is -0.139. The third-order valence-electron chi connectivity index (χ3n) is 12.0. The number of aromatic hydroxyl groups is 1. The Morgan fingerprint density at radius 2 is 1.58 bits per heavy atom. The van der Waals surface area contributed by atoms with Crippen molar-refractivity contribution in [2.24, 2.45) is 29.6 Å². The van der Waals surface area contributed by atoms with Gasteiger partial charge in [0.25, 0.3) is 11.8 Å². The highest BCUT2D eigenvalue weighted by Gasteiger charge is 2.69. The molecule has 8 rings (SSSR count). The molecular weight excluding hydrogens is 848 g/mol. The molecule has 1 aromatic heterocycles. The summed E-state index contributed by atoms with van der Waals surface area (Å²) >= 11 is 19.1. The fraction of sp³-hybridized carbons (Fsp3) is 0.279. The molecule has 11 nitrogen and oxygen atoms in total. The van der Waals surface area contributed by atoms with Gasteiger partial charge in [-0.1, -0.05) is 76.8 Å². The maximum absolute atomic E-state index is 15.4. The van der Waals surface area contributed by atoms with Gasteiger partial charge in [0.2, 0.25) is 17.6 Å². The minimum atomic E-state index is -4.77. The Bertz CT molecular complexity index is 2520. The number of amides is 4. The van der Waals surface area contributed by atoms with Crippen molar-refractivity contribution in [3.8, 4) is 17.2 Å². The van der Waals surface area contributed by atoms with Gasteiger partial charge in [-0.15, -0.1) is 0 Å². The van der Waals surface area contributed by atoms with Crippen molar-refractivity contribution >= 4 is 76.0 Å². The molecule has 3 heterocycles. The number of aromatic nitrogens is 1. The van der Waals surface area contributed by atoms with E-state index in [-0.39, 0.29) is 35.9 Å². The molecule has 2 aliphatic heterocycles. The smallest absolute Gasteiger partial charge is 0.417 e. The molecule has 2 aliphatic carbocycles. The fourth-order valence-corrected chi connectivity index (χ4v) is 9.73. The number of aryl methyl sites for hydroxylation is 1. The molecule has 0 spiro atoms. The lowest BCUT2D eigenvalue weighted by Crippen LogP contribution is -2.54. The molecule has 6 atom stereocenters. The number of alkyl halides is 3. The first-order valence-electron chi connectivity index (χ1n) is 18.6.